The van der Waals surface area contributed by atoms with E-state index in [9.17, 15) is 0 Å². The largest absolute Gasteiger partial charge is 0.496 e. The monoisotopic (exact) mass is 346 g/mol. The third kappa shape index (κ3) is 3.24. The standard InChI is InChI=1S/C13H16Br2O/c1-16-13-7-3-9(8-12(13)15)2-6-11(14)10-4-5-10/h3,7-8,10-11H,2,4-6H2,1H3. The highest BCUT2D eigenvalue weighted by Gasteiger charge is 2.28. The number of aryl methyl sites for hydroxylation is 1. The molecule has 1 fully saturated rings. The van der Waals surface area contributed by atoms with Crippen molar-refractivity contribution in [1.82, 2.24) is 0 Å². The van der Waals surface area contributed by atoms with Gasteiger partial charge in [-0.3, -0.25) is 0 Å². The maximum atomic E-state index is 5.22. The molecule has 0 aromatic heterocycles. The molecule has 0 aliphatic heterocycles. The van der Waals surface area contributed by atoms with Gasteiger partial charge in [-0.2, -0.15) is 0 Å². The predicted molar refractivity (Wildman–Crippen MR) is 74.5 cm³/mol. The molecule has 0 amide bonds. The summed E-state index contributed by atoms with van der Waals surface area (Å²) in [7, 11) is 1.70. The lowest BCUT2D eigenvalue weighted by atomic mass is 10.1. The molecule has 1 unspecified atom stereocenters. The molecular formula is C13H16Br2O. The van der Waals surface area contributed by atoms with Crippen LogP contribution >= 0.6 is 31.9 Å². The van der Waals surface area contributed by atoms with Crippen LogP contribution in [0, 0.1) is 5.92 Å². The number of hydrogen-bond donors (Lipinski definition) is 0. The maximum Gasteiger partial charge on any atom is 0.133 e. The molecule has 1 aliphatic rings. The van der Waals surface area contributed by atoms with Crippen molar-refractivity contribution in [3.63, 3.8) is 0 Å². The lowest BCUT2D eigenvalue weighted by Crippen LogP contribution is -2.02. The highest BCUT2D eigenvalue weighted by Crippen LogP contribution is 2.38. The summed E-state index contributed by atoms with van der Waals surface area (Å²) in [5, 5.41) is 0. The van der Waals surface area contributed by atoms with Crippen LogP contribution in [0.15, 0.2) is 22.7 Å². The van der Waals surface area contributed by atoms with Crippen molar-refractivity contribution < 1.29 is 4.74 Å². The Morgan fingerprint density at radius 1 is 1.44 bits per heavy atom. The molecule has 1 saturated carbocycles. The van der Waals surface area contributed by atoms with Gasteiger partial charge in [-0.1, -0.05) is 22.0 Å². The molecule has 2 rings (SSSR count). The summed E-state index contributed by atoms with van der Waals surface area (Å²) in [5.41, 5.74) is 1.37. The zero-order valence-corrected chi connectivity index (χ0v) is 12.6. The van der Waals surface area contributed by atoms with Crippen molar-refractivity contribution in [3.8, 4) is 5.75 Å². The Bertz CT molecular complexity index is 361. The number of alkyl halides is 1. The van der Waals surface area contributed by atoms with Gasteiger partial charge >= 0.3 is 0 Å². The van der Waals surface area contributed by atoms with E-state index in [2.05, 4.69) is 44.0 Å². The van der Waals surface area contributed by atoms with Crippen LogP contribution < -0.4 is 4.74 Å². The van der Waals surface area contributed by atoms with E-state index >= 15 is 0 Å². The molecule has 1 aromatic carbocycles. The fourth-order valence-corrected chi connectivity index (χ4v) is 3.21. The van der Waals surface area contributed by atoms with Crippen molar-refractivity contribution in [2.24, 2.45) is 5.92 Å². The van der Waals surface area contributed by atoms with Gasteiger partial charge in [-0.05, 0) is 65.2 Å². The lowest BCUT2D eigenvalue weighted by molar-refractivity contribution is 0.412. The van der Waals surface area contributed by atoms with Crippen molar-refractivity contribution >= 4 is 31.9 Å². The van der Waals surface area contributed by atoms with E-state index in [1.54, 1.807) is 7.11 Å². The van der Waals surface area contributed by atoms with E-state index in [0.717, 1.165) is 22.6 Å². The second-order valence-electron chi connectivity index (χ2n) is 4.36. The summed E-state index contributed by atoms with van der Waals surface area (Å²) in [4.78, 5) is 0.702. The smallest absolute Gasteiger partial charge is 0.133 e. The third-order valence-corrected chi connectivity index (χ3v) is 4.88. The van der Waals surface area contributed by atoms with Gasteiger partial charge in [0.05, 0.1) is 11.6 Å². The Morgan fingerprint density at radius 2 is 2.19 bits per heavy atom. The van der Waals surface area contributed by atoms with Crippen LogP contribution in [0.25, 0.3) is 0 Å². The van der Waals surface area contributed by atoms with Crippen molar-refractivity contribution in [1.29, 1.82) is 0 Å². The van der Waals surface area contributed by atoms with E-state index in [4.69, 9.17) is 4.74 Å². The minimum absolute atomic E-state index is 0.702. The van der Waals surface area contributed by atoms with E-state index in [1.165, 1.54) is 24.8 Å². The minimum atomic E-state index is 0.702. The van der Waals surface area contributed by atoms with Gasteiger partial charge in [0.2, 0.25) is 0 Å². The molecule has 0 bridgehead atoms. The van der Waals surface area contributed by atoms with Gasteiger partial charge in [0.15, 0.2) is 0 Å². The number of rotatable bonds is 5. The summed E-state index contributed by atoms with van der Waals surface area (Å²) in [6.45, 7) is 0. The molecule has 1 aromatic rings. The van der Waals surface area contributed by atoms with Gasteiger partial charge in [-0.25, -0.2) is 0 Å². The van der Waals surface area contributed by atoms with Crippen LogP contribution in [0.4, 0.5) is 0 Å². The molecule has 0 N–H and O–H groups in total. The molecule has 16 heavy (non-hydrogen) atoms. The zero-order chi connectivity index (χ0) is 11.5. The predicted octanol–water partition coefficient (Wildman–Crippen LogP) is 4.56. The topological polar surface area (TPSA) is 9.23 Å². The number of benzene rings is 1. The Hall–Kier alpha value is -0.0200. The summed E-state index contributed by atoms with van der Waals surface area (Å²) in [6.07, 6.45) is 5.17. The first-order valence-electron chi connectivity index (χ1n) is 5.67. The molecule has 0 saturated heterocycles. The summed E-state index contributed by atoms with van der Waals surface area (Å²) < 4.78 is 6.26. The van der Waals surface area contributed by atoms with E-state index in [-0.39, 0.29) is 0 Å². The molecule has 88 valence electrons. The summed E-state index contributed by atoms with van der Waals surface area (Å²) in [5.74, 6) is 1.84. The highest BCUT2D eigenvalue weighted by atomic mass is 79.9. The van der Waals surface area contributed by atoms with E-state index in [1.807, 2.05) is 6.07 Å². The van der Waals surface area contributed by atoms with Gasteiger partial charge in [0, 0.05) is 4.83 Å². The molecule has 1 atom stereocenters. The molecule has 0 spiro atoms. The average Bonchev–Trinajstić information content (AvgIpc) is 3.10. The van der Waals surface area contributed by atoms with Crippen LogP contribution in [0.2, 0.25) is 0 Å². The third-order valence-electron chi connectivity index (χ3n) is 3.06. The first-order chi connectivity index (χ1) is 7.70. The molecule has 0 radical (unpaired) electrons. The second kappa shape index (κ2) is 5.54. The first-order valence-corrected chi connectivity index (χ1v) is 7.38. The Labute approximate surface area is 114 Å². The van der Waals surface area contributed by atoms with Crippen molar-refractivity contribution in [2.45, 2.75) is 30.5 Å². The average molecular weight is 348 g/mol. The van der Waals surface area contributed by atoms with Gasteiger partial charge in [-0.15, -0.1) is 0 Å². The van der Waals surface area contributed by atoms with E-state index < -0.39 is 0 Å². The van der Waals surface area contributed by atoms with Crippen LogP contribution in [0.1, 0.15) is 24.8 Å². The fraction of sp³-hybridized carbons (Fsp3) is 0.538. The highest BCUT2D eigenvalue weighted by molar-refractivity contribution is 9.10. The van der Waals surface area contributed by atoms with Gasteiger partial charge in [0.1, 0.15) is 5.75 Å². The fourth-order valence-electron chi connectivity index (χ4n) is 1.86. The number of hydrogen-bond acceptors (Lipinski definition) is 1. The molecule has 1 nitrogen and oxygen atoms in total. The number of ether oxygens (including phenoxy) is 1. The Kier molecular flexibility index (Phi) is 4.31. The lowest BCUT2D eigenvalue weighted by Gasteiger charge is -2.09. The van der Waals surface area contributed by atoms with Crippen LogP contribution in [0.3, 0.4) is 0 Å². The van der Waals surface area contributed by atoms with Crippen LogP contribution in [-0.4, -0.2) is 11.9 Å². The minimum Gasteiger partial charge on any atom is -0.496 e. The normalized spacial score (nSPS) is 17.2. The maximum absolute atomic E-state index is 5.22. The zero-order valence-electron chi connectivity index (χ0n) is 9.38. The van der Waals surface area contributed by atoms with Crippen molar-refractivity contribution in [2.75, 3.05) is 7.11 Å². The van der Waals surface area contributed by atoms with Gasteiger partial charge in [0.25, 0.3) is 0 Å². The quantitative estimate of drug-likeness (QED) is 0.709. The molecular weight excluding hydrogens is 332 g/mol. The SMILES string of the molecule is COc1ccc(CCC(Br)C2CC2)cc1Br. The van der Waals surface area contributed by atoms with Gasteiger partial charge < -0.3 is 4.74 Å². The number of methoxy groups -OCH3 is 1. The first kappa shape index (κ1) is 12.4. The van der Waals surface area contributed by atoms with Crippen LogP contribution in [0.5, 0.6) is 5.75 Å². The molecule has 1 aliphatic carbocycles. The van der Waals surface area contributed by atoms with E-state index in [0.29, 0.717) is 4.83 Å². The summed E-state index contributed by atoms with van der Waals surface area (Å²) in [6, 6.07) is 6.33. The number of halogens is 2. The Morgan fingerprint density at radius 3 is 2.75 bits per heavy atom. The summed E-state index contributed by atoms with van der Waals surface area (Å²) >= 11 is 7.29. The van der Waals surface area contributed by atoms with Crippen LogP contribution in [-0.2, 0) is 6.42 Å². The molecule has 0 heterocycles. The Balaban J connectivity index is 1.91. The second-order valence-corrected chi connectivity index (χ2v) is 6.39. The van der Waals surface area contributed by atoms with Crippen molar-refractivity contribution in [3.05, 3.63) is 28.2 Å². The molecule has 3 heteroatoms.